The fourth-order valence-corrected chi connectivity index (χ4v) is 3.84. The first kappa shape index (κ1) is 18.8. The number of thioether (sulfide) groups is 1. The van der Waals surface area contributed by atoms with E-state index in [1.54, 1.807) is 18.2 Å². The van der Waals surface area contributed by atoms with Crippen molar-refractivity contribution in [1.82, 2.24) is 5.32 Å². The normalized spacial score (nSPS) is 19.2. The zero-order chi connectivity index (χ0) is 19.4. The first-order chi connectivity index (χ1) is 12.9. The van der Waals surface area contributed by atoms with Crippen LogP contribution in [0.3, 0.4) is 0 Å². The summed E-state index contributed by atoms with van der Waals surface area (Å²) in [5, 5.41) is 15.7. The minimum atomic E-state index is -0.730. The predicted octanol–water partition coefficient (Wildman–Crippen LogP) is 2.52. The molecule has 1 aliphatic rings. The van der Waals surface area contributed by atoms with E-state index in [1.165, 1.54) is 42.1 Å². The molecule has 140 valence electrons. The van der Waals surface area contributed by atoms with Crippen molar-refractivity contribution in [3.8, 4) is 0 Å². The fourth-order valence-electron chi connectivity index (χ4n) is 2.65. The van der Waals surface area contributed by atoms with Crippen LogP contribution in [0.25, 0.3) is 0 Å². The van der Waals surface area contributed by atoms with Gasteiger partial charge in [0.1, 0.15) is 11.9 Å². The summed E-state index contributed by atoms with van der Waals surface area (Å²) in [6, 6.07) is 10.8. The molecule has 1 heterocycles. The van der Waals surface area contributed by atoms with Crippen molar-refractivity contribution in [2.75, 3.05) is 11.1 Å². The standard InChI is InChI=1S/C18H16FN3O4S/c19-12-6-4-11(5-7-12)8-16-18(24)21-15(10-27-16)17(23)20-13-2-1-3-14(9-13)22(25)26/h1-7,9,15-16H,8,10H2,(H,20,23)(H,21,24). The molecule has 1 fully saturated rings. The van der Waals surface area contributed by atoms with Crippen LogP contribution in [0.5, 0.6) is 0 Å². The summed E-state index contributed by atoms with van der Waals surface area (Å²) >= 11 is 1.35. The number of non-ortho nitro benzene ring substituents is 1. The number of nitrogens with one attached hydrogen (secondary N) is 2. The van der Waals surface area contributed by atoms with Crippen molar-refractivity contribution in [2.24, 2.45) is 0 Å². The van der Waals surface area contributed by atoms with Crippen molar-refractivity contribution in [2.45, 2.75) is 17.7 Å². The summed E-state index contributed by atoms with van der Waals surface area (Å²) in [5.74, 6) is -0.665. The molecule has 0 saturated carbocycles. The minimum absolute atomic E-state index is 0.130. The number of anilines is 1. The number of nitro benzene ring substituents is 1. The molecule has 9 heteroatoms. The highest BCUT2D eigenvalue weighted by Crippen LogP contribution is 2.23. The van der Waals surface area contributed by atoms with E-state index >= 15 is 0 Å². The quantitative estimate of drug-likeness (QED) is 0.604. The van der Waals surface area contributed by atoms with Crippen molar-refractivity contribution >= 4 is 35.0 Å². The van der Waals surface area contributed by atoms with Crippen molar-refractivity contribution < 1.29 is 18.9 Å². The van der Waals surface area contributed by atoms with Gasteiger partial charge in [-0.05, 0) is 30.2 Å². The number of benzene rings is 2. The number of carbonyl (C=O) groups is 2. The third kappa shape index (κ3) is 4.82. The Kier molecular flexibility index (Phi) is 5.70. The molecule has 2 aromatic rings. The molecular weight excluding hydrogens is 373 g/mol. The number of carbonyl (C=O) groups excluding carboxylic acids is 2. The lowest BCUT2D eigenvalue weighted by molar-refractivity contribution is -0.384. The van der Waals surface area contributed by atoms with Gasteiger partial charge in [0.05, 0.1) is 10.2 Å². The molecule has 27 heavy (non-hydrogen) atoms. The Morgan fingerprint density at radius 3 is 2.70 bits per heavy atom. The van der Waals surface area contributed by atoms with E-state index in [0.29, 0.717) is 17.9 Å². The Hall–Kier alpha value is -2.94. The average molecular weight is 389 g/mol. The lowest BCUT2D eigenvalue weighted by Crippen LogP contribution is -2.52. The molecule has 0 radical (unpaired) electrons. The van der Waals surface area contributed by atoms with E-state index in [-0.39, 0.29) is 22.7 Å². The number of amides is 2. The molecule has 2 atom stereocenters. The maximum absolute atomic E-state index is 13.0. The Labute approximate surface area is 158 Å². The van der Waals surface area contributed by atoms with E-state index in [9.17, 15) is 24.1 Å². The molecule has 1 aliphatic heterocycles. The minimum Gasteiger partial charge on any atom is -0.343 e. The van der Waals surface area contributed by atoms with Gasteiger partial charge >= 0.3 is 0 Å². The third-order valence-corrected chi connectivity index (χ3v) is 5.36. The fraction of sp³-hybridized carbons (Fsp3) is 0.222. The van der Waals surface area contributed by atoms with E-state index in [1.807, 2.05) is 0 Å². The van der Waals surface area contributed by atoms with Gasteiger partial charge in [-0.2, -0.15) is 0 Å². The maximum atomic E-state index is 13.0. The van der Waals surface area contributed by atoms with Crippen molar-refractivity contribution in [3.05, 3.63) is 70.0 Å². The maximum Gasteiger partial charge on any atom is 0.271 e. The van der Waals surface area contributed by atoms with Crippen LogP contribution in [0.1, 0.15) is 5.56 Å². The molecule has 0 bridgehead atoms. The molecule has 7 nitrogen and oxygen atoms in total. The first-order valence-electron chi connectivity index (χ1n) is 8.14. The van der Waals surface area contributed by atoms with Crippen LogP contribution in [-0.2, 0) is 16.0 Å². The second kappa shape index (κ2) is 8.17. The third-order valence-electron chi connectivity index (χ3n) is 4.05. The van der Waals surface area contributed by atoms with Gasteiger partial charge in [-0.3, -0.25) is 19.7 Å². The largest absolute Gasteiger partial charge is 0.343 e. The van der Waals surface area contributed by atoms with Gasteiger partial charge in [0, 0.05) is 23.6 Å². The van der Waals surface area contributed by atoms with Crippen molar-refractivity contribution in [1.29, 1.82) is 0 Å². The SMILES string of the molecule is O=C(Nc1cccc([N+](=O)[O-])c1)C1CSC(Cc2ccc(F)cc2)C(=O)N1. The predicted molar refractivity (Wildman–Crippen MR) is 100 cm³/mol. The average Bonchev–Trinajstić information content (AvgIpc) is 2.65. The summed E-state index contributed by atoms with van der Waals surface area (Å²) in [6.07, 6.45) is 0.440. The van der Waals surface area contributed by atoms with Gasteiger partial charge in [-0.15, -0.1) is 11.8 Å². The Bertz CT molecular complexity index is 875. The molecule has 2 N–H and O–H groups in total. The number of nitrogens with zero attached hydrogens (tertiary/aromatic N) is 1. The van der Waals surface area contributed by atoms with Gasteiger partial charge in [-0.1, -0.05) is 18.2 Å². The number of halogens is 1. The second-order valence-corrected chi connectivity index (χ2v) is 7.25. The molecular formula is C18H16FN3O4S. The van der Waals surface area contributed by atoms with Crippen LogP contribution in [0.2, 0.25) is 0 Å². The van der Waals surface area contributed by atoms with Crippen LogP contribution in [0.15, 0.2) is 48.5 Å². The first-order valence-corrected chi connectivity index (χ1v) is 9.19. The van der Waals surface area contributed by atoms with Gasteiger partial charge in [0.2, 0.25) is 11.8 Å². The summed E-state index contributed by atoms with van der Waals surface area (Å²) in [7, 11) is 0. The molecule has 0 aromatic heterocycles. The second-order valence-electron chi connectivity index (χ2n) is 6.01. The molecule has 2 unspecified atom stereocenters. The van der Waals surface area contributed by atoms with Gasteiger partial charge in [0.15, 0.2) is 0 Å². The Balaban J connectivity index is 1.57. The van der Waals surface area contributed by atoms with E-state index in [4.69, 9.17) is 0 Å². The Morgan fingerprint density at radius 2 is 2.04 bits per heavy atom. The molecule has 0 aliphatic carbocycles. The molecule has 1 saturated heterocycles. The van der Waals surface area contributed by atoms with Gasteiger partial charge in [0.25, 0.3) is 5.69 Å². The zero-order valence-corrected chi connectivity index (χ0v) is 14.9. The molecule has 2 aromatic carbocycles. The number of nitro groups is 1. The zero-order valence-electron chi connectivity index (χ0n) is 14.1. The van der Waals surface area contributed by atoms with Crippen LogP contribution in [0, 0.1) is 15.9 Å². The van der Waals surface area contributed by atoms with Crippen LogP contribution >= 0.6 is 11.8 Å². The smallest absolute Gasteiger partial charge is 0.271 e. The number of rotatable bonds is 5. The summed E-state index contributed by atoms with van der Waals surface area (Å²) in [4.78, 5) is 34.9. The van der Waals surface area contributed by atoms with Crippen LogP contribution in [-0.4, -0.2) is 33.8 Å². The summed E-state index contributed by atoms with van der Waals surface area (Å²) in [5.41, 5.74) is 1.000. The lowest BCUT2D eigenvalue weighted by atomic mass is 10.1. The summed E-state index contributed by atoms with van der Waals surface area (Å²) < 4.78 is 13.0. The van der Waals surface area contributed by atoms with Crippen molar-refractivity contribution in [3.63, 3.8) is 0 Å². The Morgan fingerprint density at radius 1 is 1.30 bits per heavy atom. The van der Waals surface area contributed by atoms with Crippen LogP contribution < -0.4 is 10.6 Å². The topological polar surface area (TPSA) is 101 Å². The molecule has 3 rings (SSSR count). The monoisotopic (exact) mass is 389 g/mol. The lowest BCUT2D eigenvalue weighted by Gasteiger charge is -2.28. The van der Waals surface area contributed by atoms with Gasteiger partial charge < -0.3 is 10.6 Å². The number of hydrogen-bond donors (Lipinski definition) is 2. The van der Waals surface area contributed by atoms with Crippen LogP contribution in [0.4, 0.5) is 15.8 Å². The highest BCUT2D eigenvalue weighted by atomic mass is 32.2. The van der Waals surface area contributed by atoms with E-state index in [0.717, 1.165) is 5.56 Å². The van der Waals surface area contributed by atoms with E-state index in [2.05, 4.69) is 10.6 Å². The van der Waals surface area contributed by atoms with Gasteiger partial charge in [-0.25, -0.2) is 4.39 Å². The summed E-state index contributed by atoms with van der Waals surface area (Å²) in [6.45, 7) is 0. The highest BCUT2D eigenvalue weighted by Gasteiger charge is 2.32. The molecule has 2 amide bonds. The number of hydrogen-bond acceptors (Lipinski definition) is 5. The highest BCUT2D eigenvalue weighted by molar-refractivity contribution is 8.00. The van der Waals surface area contributed by atoms with E-state index < -0.39 is 16.9 Å². The molecule has 0 spiro atoms.